The molecule has 0 aromatic heterocycles. The second-order valence-corrected chi connectivity index (χ2v) is 5.61. The van der Waals surface area contributed by atoms with Crippen LogP contribution in [0.15, 0.2) is 29.2 Å². The van der Waals surface area contributed by atoms with Crippen LogP contribution in [0.5, 0.6) is 0 Å². The number of benzene rings is 1. The minimum absolute atomic E-state index is 0.522. The molecule has 5 heteroatoms. The van der Waals surface area contributed by atoms with Gasteiger partial charge in [0.15, 0.2) is 0 Å². The van der Waals surface area contributed by atoms with Gasteiger partial charge in [-0.3, -0.25) is 4.90 Å². The van der Waals surface area contributed by atoms with Gasteiger partial charge in [0.1, 0.15) is 0 Å². The summed E-state index contributed by atoms with van der Waals surface area (Å²) >= 11 is 0.597. The maximum absolute atomic E-state index is 12.2. The molecular formula is C13H18F2N2S. The molecule has 0 unspecified atom stereocenters. The zero-order valence-corrected chi connectivity index (χ0v) is 11.2. The first kappa shape index (κ1) is 13.8. The molecule has 1 fully saturated rings. The lowest BCUT2D eigenvalue weighted by atomic mass is 10.1. The Bertz CT molecular complexity index is 370. The highest BCUT2D eigenvalue weighted by atomic mass is 32.2. The van der Waals surface area contributed by atoms with E-state index in [0.29, 0.717) is 22.7 Å². The molecular weight excluding hydrogens is 254 g/mol. The van der Waals surface area contributed by atoms with Crippen LogP contribution >= 0.6 is 11.8 Å². The summed E-state index contributed by atoms with van der Waals surface area (Å²) in [5.74, 6) is -2.34. The number of hydrogen-bond acceptors (Lipinski definition) is 3. The first-order valence-electron chi connectivity index (χ1n) is 6.13. The van der Waals surface area contributed by atoms with Crippen LogP contribution in [-0.4, -0.2) is 36.3 Å². The van der Waals surface area contributed by atoms with Gasteiger partial charge in [0.25, 0.3) is 5.76 Å². The predicted molar refractivity (Wildman–Crippen MR) is 71.0 cm³/mol. The smallest absolute Gasteiger partial charge is 0.288 e. The van der Waals surface area contributed by atoms with Gasteiger partial charge in [-0.05, 0) is 24.6 Å². The number of rotatable bonds is 4. The molecule has 1 heterocycles. The molecule has 1 aromatic carbocycles. The van der Waals surface area contributed by atoms with Crippen molar-refractivity contribution >= 4 is 11.8 Å². The molecule has 0 radical (unpaired) electrons. The van der Waals surface area contributed by atoms with Crippen molar-refractivity contribution in [1.29, 1.82) is 0 Å². The Morgan fingerprint density at radius 2 is 2.11 bits per heavy atom. The average molecular weight is 272 g/mol. The molecule has 1 aliphatic rings. The molecule has 1 aliphatic heterocycles. The number of thioether (sulfide) groups is 1. The van der Waals surface area contributed by atoms with Gasteiger partial charge < -0.3 is 5.32 Å². The van der Waals surface area contributed by atoms with Crippen LogP contribution in [0.25, 0.3) is 0 Å². The van der Waals surface area contributed by atoms with Gasteiger partial charge >= 0.3 is 0 Å². The van der Waals surface area contributed by atoms with E-state index in [1.807, 2.05) is 12.1 Å². The Morgan fingerprint density at radius 3 is 2.72 bits per heavy atom. The second-order valence-electron chi connectivity index (χ2n) is 4.55. The fraction of sp³-hybridized carbons (Fsp3) is 0.538. The van der Waals surface area contributed by atoms with Crippen LogP contribution in [0.4, 0.5) is 8.78 Å². The molecule has 0 amide bonds. The number of hydrogen-bond donors (Lipinski definition) is 1. The number of piperazine rings is 1. The van der Waals surface area contributed by atoms with E-state index in [0.717, 1.165) is 26.2 Å². The standard InChI is InChI=1S/C13H18F2N2S/c1-10-8-16-6-7-17(10)9-11-2-4-12(5-3-11)18-13(14)15/h2-5,10,13,16H,6-9H2,1H3/t10-/m0/s1. The fourth-order valence-electron chi connectivity index (χ4n) is 2.13. The van der Waals surface area contributed by atoms with Crippen molar-refractivity contribution in [3.8, 4) is 0 Å². The van der Waals surface area contributed by atoms with E-state index in [2.05, 4.69) is 17.1 Å². The normalized spacial score (nSPS) is 21.4. The minimum atomic E-state index is -2.34. The van der Waals surface area contributed by atoms with E-state index in [9.17, 15) is 8.78 Å². The molecule has 1 aromatic rings. The van der Waals surface area contributed by atoms with Crippen LogP contribution in [0, 0.1) is 0 Å². The van der Waals surface area contributed by atoms with E-state index < -0.39 is 5.76 Å². The van der Waals surface area contributed by atoms with E-state index in [1.165, 1.54) is 5.56 Å². The van der Waals surface area contributed by atoms with Crippen molar-refractivity contribution < 1.29 is 8.78 Å². The van der Waals surface area contributed by atoms with Crippen molar-refractivity contribution in [2.75, 3.05) is 19.6 Å². The van der Waals surface area contributed by atoms with Crippen molar-refractivity contribution in [1.82, 2.24) is 10.2 Å². The fourth-order valence-corrected chi connectivity index (χ4v) is 2.63. The number of nitrogens with one attached hydrogen (secondary N) is 1. The summed E-state index contributed by atoms with van der Waals surface area (Å²) in [6.45, 7) is 6.16. The average Bonchev–Trinajstić information content (AvgIpc) is 2.34. The summed E-state index contributed by atoms with van der Waals surface area (Å²) in [4.78, 5) is 3.04. The third-order valence-corrected chi connectivity index (χ3v) is 3.90. The van der Waals surface area contributed by atoms with Gasteiger partial charge in [0, 0.05) is 37.1 Å². The Balaban J connectivity index is 1.93. The Kier molecular flexibility index (Phi) is 4.97. The molecule has 0 bridgehead atoms. The lowest BCUT2D eigenvalue weighted by Gasteiger charge is -2.33. The summed E-state index contributed by atoms with van der Waals surface area (Å²) in [7, 11) is 0. The van der Waals surface area contributed by atoms with Crippen LogP contribution < -0.4 is 5.32 Å². The van der Waals surface area contributed by atoms with Gasteiger partial charge in [-0.15, -0.1) is 0 Å². The molecule has 1 N–H and O–H groups in total. The van der Waals surface area contributed by atoms with Crippen molar-refractivity contribution in [2.24, 2.45) is 0 Å². The summed E-state index contributed by atoms with van der Waals surface area (Å²) in [5, 5.41) is 3.35. The van der Waals surface area contributed by atoms with Gasteiger partial charge in [0.05, 0.1) is 0 Å². The van der Waals surface area contributed by atoms with Crippen LogP contribution in [0.3, 0.4) is 0 Å². The van der Waals surface area contributed by atoms with E-state index in [4.69, 9.17) is 0 Å². The molecule has 0 saturated carbocycles. The van der Waals surface area contributed by atoms with Gasteiger partial charge in [-0.2, -0.15) is 8.78 Å². The maximum Gasteiger partial charge on any atom is 0.288 e. The highest BCUT2D eigenvalue weighted by Gasteiger charge is 2.17. The topological polar surface area (TPSA) is 15.3 Å². The molecule has 2 nitrogen and oxygen atoms in total. The lowest BCUT2D eigenvalue weighted by Crippen LogP contribution is -2.49. The van der Waals surface area contributed by atoms with E-state index in [-0.39, 0.29) is 0 Å². The number of nitrogens with zero attached hydrogens (tertiary/aromatic N) is 1. The SMILES string of the molecule is C[C@H]1CNCCN1Cc1ccc(SC(F)F)cc1. The lowest BCUT2D eigenvalue weighted by molar-refractivity contribution is 0.165. The summed E-state index contributed by atoms with van der Waals surface area (Å²) in [6, 6.07) is 7.96. The van der Waals surface area contributed by atoms with E-state index in [1.54, 1.807) is 12.1 Å². The Morgan fingerprint density at radius 1 is 1.39 bits per heavy atom. The zero-order valence-electron chi connectivity index (χ0n) is 10.4. The largest absolute Gasteiger partial charge is 0.314 e. The van der Waals surface area contributed by atoms with Crippen molar-refractivity contribution in [3.63, 3.8) is 0 Å². The first-order chi connectivity index (χ1) is 8.65. The summed E-state index contributed by atoms with van der Waals surface area (Å²) in [6.07, 6.45) is 0. The van der Waals surface area contributed by atoms with Crippen LogP contribution in [0.2, 0.25) is 0 Å². The van der Waals surface area contributed by atoms with Crippen molar-refractivity contribution in [2.45, 2.75) is 30.2 Å². The number of halogens is 2. The molecule has 2 rings (SSSR count). The third kappa shape index (κ3) is 3.93. The highest BCUT2D eigenvalue weighted by molar-refractivity contribution is 7.99. The van der Waals surface area contributed by atoms with E-state index >= 15 is 0 Å². The molecule has 1 saturated heterocycles. The van der Waals surface area contributed by atoms with Gasteiger partial charge in [-0.1, -0.05) is 23.9 Å². The molecule has 0 aliphatic carbocycles. The van der Waals surface area contributed by atoms with Crippen LogP contribution in [-0.2, 0) is 6.54 Å². The third-order valence-electron chi connectivity index (χ3n) is 3.17. The molecule has 100 valence electrons. The summed E-state index contributed by atoms with van der Waals surface area (Å²) in [5.41, 5.74) is 1.18. The monoisotopic (exact) mass is 272 g/mol. The summed E-state index contributed by atoms with van der Waals surface area (Å²) < 4.78 is 24.4. The van der Waals surface area contributed by atoms with Crippen molar-refractivity contribution in [3.05, 3.63) is 29.8 Å². The van der Waals surface area contributed by atoms with Gasteiger partial charge in [-0.25, -0.2) is 0 Å². The Labute approximate surface area is 111 Å². The Hall–Kier alpha value is -0.650. The maximum atomic E-state index is 12.2. The predicted octanol–water partition coefficient (Wildman–Crippen LogP) is 2.80. The molecule has 1 atom stereocenters. The highest BCUT2D eigenvalue weighted by Crippen LogP contribution is 2.25. The van der Waals surface area contributed by atoms with Gasteiger partial charge in [0.2, 0.25) is 0 Å². The quantitative estimate of drug-likeness (QED) is 0.849. The minimum Gasteiger partial charge on any atom is -0.314 e. The zero-order chi connectivity index (χ0) is 13.0. The second kappa shape index (κ2) is 6.50. The first-order valence-corrected chi connectivity index (χ1v) is 7.01. The molecule has 18 heavy (non-hydrogen) atoms. The molecule has 0 spiro atoms. The van der Waals surface area contributed by atoms with Crippen LogP contribution in [0.1, 0.15) is 12.5 Å². The number of alkyl halides is 2.